The normalized spacial score (nSPS) is 13.3. The van der Waals surface area contributed by atoms with E-state index in [-0.39, 0.29) is 5.78 Å². The van der Waals surface area contributed by atoms with E-state index in [0.29, 0.717) is 34.1 Å². The van der Waals surface area contributed by atoms with Crippen molar-refractivity contribution in [3.05, 3.63) is 65.2 Å². The minimum atomic E-state index is -0.392. The van der Waals surface area contributed by atoms with Crippen molar-refractivity contribution in [2.24, 2.45) is 7.05 Å². The molecule has 0 bridgehead atoms. The zero-order valence-electron chi connectivity index (χ0n) is 17.7. The summed E-state index contributed by atoms with van der Waals surface area (Å²) in [6.07, 6.45) is 3.78. The van der Waals surface area contributed by atoms with Crippen LogP contribution in [0.15, 0.2) is 42.7 Å². The summed E-state index contributed by atoms with van der Waals surface area (Å²) >= 11 is 1.33. The molecule has 162 valence electrons. The number of urea groups is 1. The number of aryl methyl sites for hydroxylation is 2. The monoisotopic (exact) mass is 491 g/mol. The van der Waals surface area contributed by atoms with Gasteiger partial charge in [-0.25, -0.2) is 0 Å². The first-order valence-electron chi connectivity index (χ1n) is 10.3. The molecule has 2 N–H and O–H groups in total. The number of hydrogen-bond donors (Lipinski definition) is 2. The molecule has 1 fully saturated rings. The second-order valence-corrected chi connectivity index (χ2v) is 9.09. The summed E-state index contributed by atoms with van der Waals surface area (Å²) in [5, 5.41) is 14.3. The first-order chi connectivity index (χ1) is 15.4. The van der Waals surface area contributed by atoms with Crippen molar-refractivity contribution < 1.29 is 9.59 Å². The predicted molar refractivity (Wildman–Crippen MR) is 124 cm³/mol. The molecular formula is C22H22AsN7O2. The number of carbonyl (C=O) groups excluding carboxylic acids is 2. The molecule has 3 aromatic heterocycles. The standard InChI is InChI=1S/C22H22AsN7O2/c1-12-8-16(19-21(23)24-11-25-30(12)19)20(31)14-4-3-5-15(9-14)26-22(32)27-18-10-17(13-6-7-13)28-29(18)2/h3-5,8-11,13H,6-7,23H2,1-2H3,(H2,26,27,32). The van der Waals surface area contributed by atoms with Crippen molar-refractivity contribution >= 4 is 50.2 Å². The molecule has 1 atom stereocenters. The van der Waals surface area contributed by atoms with E-state index in [4.69, 9.17) is 0 Å². The number of nitrogens with zero attached hydrogens (tertiary/aromatic N) is 5. The Morgan fingerprint density at radius 1 is 1.16 bits per heavy atom. The first-order valence-corrected chi connectivity index (χ1v) is 11.5. The Balaban J connectivity index is 1.36. The van der Waals surface area contributed by atoms with E-state index in [9.17, 15) is 9.59 Å². The van der Waals surface area contributed by atoms with E-state index in [1.165, 1.54) is 23.2 Å². The van der Waals surface area contributed by atoms with Crippen LogP contribution in [0, 0.1) is 6.92 Å². The molecule has 32 heavy (non-hydrogen) atoms. The van der Waals surface area contributed by atoms with Gasteiger partial charge in [0, 0.05) is 13.0 Å². The van der Waals surface area contributed by atoms with Crippen LogP contribution in [0.5, 0.6) is 0 Å². The fourth-order valence-electron chi connectivity index (χ4n) is 3.76. The quantitative estimate of drug-likeness (QED) is 0.327. The first kappa shape index (κ1) is 20.5. The Morgan fingerprint density at radius 2 is 1.97 bits per heavy atom. The Morgan fingerprint density at radius 3 is 2.75 bits per heavy atom. The number of benzene rings is 1. The number of ketones is 1. The predicted octanol–water partition coefficient (Wildman–Crippen LogP) is 1.78. The van der Waals surface area contributed by atoms with Crippen molar-refractivity contribution in [2.45, 2.75) is 25.7 Å². The second-order valence-electron chi connectivity index (χ2n) is 7.95. The van der Waals surface area contributed by atoms with Crippen molar-refractivity contribution in [1.29, 1.82) is 0 Å². The van der Waals surface area contributed by atoms with E-state index >= 15 is 0 Å². The SMILES string of the molecule is Cc1cc(C(=O)c2cccc(NC(=O)Nc3cc(C4CC4)nn3C)c2)c2c([AsH2])ncnn12. The van der Waals surface area contributed by atoms with Gasteiger partial charge >= 0.3 is 156 Å². The van der Waals surface area contributed by atoms with Crippen LogP contribution in [-0.2, 0) is 7.05 Å². The Labute approximate surface area is 192 Å². The summed E-state index contributed by atoms with van der Waals surface area (Å²) in [5.41, 5.74) is 4.13. The molecule has 5 rings (SSSR count). The molecule has 2 amide bonds. The van der Waals surface area contributed by atoms with Crippen LogP contribution in [-0.4, -0.2) is 53.0 Å². The second kappa shape index (κ2) is 7.91. The van der Waals surface area contributed by atoms with E-state index in [2.05, 4.69) is 25.8 Å². The van der Waals surface area contributed by atoms with Gasteiger partial charge in [-0.05, 0) is 12.8 Å². The number of nitrogens with one attached hydrogen (secondary N) is 2. The molecule has 0 radical (unpaired) electrons. The average molecular weight is 491 g/mol. The van der Waals surface area contributed by atoms with Crippen molar-refractivity contribution in [2.75, 3.05) is 10.6 Å². The summed E-state index contributed by atoms with van der Waals surface area (Å²) in [7, 11) is 1.80. The van der Waals surface area contributed by atoms with E-state index in [0.717, 1.165) is 28.7 Å². The van der Waals surface area contributed by atoms with Crippen molar-refractivity contribution in [1.82, 2.24) is 24.4 Å². The maximum atomic E-state index is 13.3. The number of rotatable bonds is 5. The third-order valence-electron chi connectivity index (χ3n) is 5.52. The number of carbonyl (C=O) groups is 2. The van der Waals surface area contributed by atoms with Gasteiger partial charge in [-0.1, -0.05) is 0 Å². The summed E-state index contributed by atoms with van der Waals surface area (Å²) in [4.78, 5) is 30.1. The minimum absolute atomic E-state index is 0.144. The zero-order chi connectivity index (χ0) is 22.4. The maximum absolute atomic E-state index is 13.3. The number of anilines is 2. The summed E-state index contributed by atoms with van der Waals surface area (Å²) in [6.45, 7) is 1.90. The number of amides is 2. The fraction of sp³-hybridized carbons (Fsp3) is 0.227. The van der Waals surface area contributed by atoms with E-state index in [1.807, 2.05) is 19.1 Å². The Bertz CT molecular complexity index is 1370. The topological polar surface area (TPSA) is 106 Å². The van der Waals surface area contributed by atoms with Gasteiger partial charge < -0.3 is 0 Å². The van der Waals surface area contributed by atoms with Gasteiger partial charge in [-0.3, -0.25) is 0 Å². The van der Waals surface area contributed by atoms with Gasteiger partial charge in [0.25, 0.3) is 0 Å². The third kappa shape index (κ3) is 3.80. The van der Waals surface area contributed by atoms with Crippen LogP contribution in [0.2, 0.25) is 0 Å². The van der Waals surface area contributed by atoms with Crippen LogP contribution >= 0.6 is 0 Å². The van der Waals surface area contributed by atoms with E-state index in [1.54, 1.807) is 40.5 Å². The van der Waals surface area contributed by atoms with Gasteiger partial charge in [0.05, 0.1) is 5.69 Å². The van der Waals surface area contributed by atoms with Gasteiger partial charge in [-0.2, -0.15) is 5.10 Å². The van der Waals surface area contributed by atoms with Crippen LogP contribution in [0.3, 0.4) is 0 Å². The zero-order valence-corrected chi connectivity index (χ0v) is 20.1. The molecule has 1 aliphatic rings. The summed E-state index contributed by atoms with van der Waals surface area (Å²) < 4.78 is 4.19. The summed E-state index contributed by atoms with van der Waals surface area (Å²) in [5.74, 6) is 0.991. The molecule has 1 aliphatic carbocycles. The molecule has 0 spiro atoms. The molecule has 0 saturated heterocycles. The number of aromatic nitrogens is 5. The molecule has 3 heterocycles. The Hall–Kier alpha value is -3.45. The molecule has 9 nitrogen and oxygen atoms in total. The molecule has 0 aliphatic heterocycles. The third-order valence-corrected chi connectivity index (χ3v) is 6.41. The van der Waals surface area contributed by atoms with Crippen LogP contribution < -0.4 is 15.1 Å². The molecule has 1 aromatic carbocycles. The Kier molecular flexibility index (Phi) is 5.05. The number of hydrogen-bond acceptors (Lipinski definition) is 5. The average Bonchev–Trinajstić information content (AvgIpc) is 3.48. The van der Waals surface area contributed by atoms with Crippen LogP contribution in [0.1, 0.15) is 46.1 Å². The van der Waals surface area contributed by atoms with Gasteiger partial charge in [0.15, 0.2) is 0 Å². The van der Waals surface area contributed by atoms with Gasteiger partial charge in [-0.15, -0.1) is 0 Å². The van der Waals surface area contributed by atoms with Gasteiger partial charge in [0.1, 0.15) is 0 Å². The molecule has 4 aromatic rings. The van der Waals surface area contributed by atoms with Crippen LogP contribution in [0.25, 0.3) is 5.52 Å². The van der Waals surface area contributed by atoms with Crippen molar-refractivity contribution in [3.8, 4) is 0 Å². The van der Waals surface area contributed by atoms with Crippen molar-refractivity contribution in [3.63, 3.8) is 0 Å². The fourth-order valence-corrected chi connectivity index (χ4v) is 4.48. The molecular weight excluding hydrogens is 469 g/mol. The molecule has 10 heteroatoms. The van der Waals surface area contributed by atoms with Gasteiger partial charge in [0.2, 0.25) is 0 Å². The summed E-state index contributed by atoms with van der Waals surface area (Å²) in [6, 6.07) is 10.2. The van der Waals surface area contributed by atoms with Crippen LogP contribution in [0.4, 0.5) is 16.3 Å². The molecule has 1 saturated carbocycles. The molecule has 1 unspecified atom stereocenters. The number of fused-ring (bicyclic) bond motifs is 1. The van der Waals surface area contributed by atoms with E-state index < -0.39 is 6.03 Å².